The molecule has 3 rings (SSSR count). The van der Waals surface area contributed by atoms with Gasteiger partial charge in [-0.15, -0.1) is 0 Å². The molecule has 0 bridgehead atoms. The number of nitrogens with one attached hydrogen (secondary N) is 2. The molecule has 2 aliphatic heterocycles. The zero-order valence-electron chi connectivity index (χ0n) is 13.8. The number of amides is 1. The molecule has 0 aliphatic carbocycles. The second kappa shape index (κ2) is 7.27. The highest BCUT2D eigenvalue weighted by Crippen LogP contribution is 2.31. The summed E-state index contributed by atoms with van der Waals surface area (Å²) in [5.41, 5.74) is 0.320. The summed E-state index contributed by atoms with van der Waals surface area (Å²) in [7, 11) is 1.66. The van der Waals surface area contributed by atoms with Gasteiger partial charge in [0.25, 0.3) is 0 Å². The lowest BCUT2D eigenvalue weighted by Crippen LogP contribution is -2.47. The van der Waals surface area contributed by atoms with Crippen LogP contribution in [0.15, 0.2) is 18.3 Å². The molecule has 0 unspecified atom stereocenters. The molecule has 23 heavy (non-hydrogen) atoms. The van der Waals surface area contributed by atoms with Crippen LogP contribution in [0.25, 0.3) is 0 Å². The molecule has 2 N–H and O–H groups in total. The van der Waals surface area contributed by atoms with E-state index in [1.165, 1.54) is 12.8 Å². The molecule has 3 heterocycles. The van der Waals surface area contributed by atoms with E-state index in [0.29, 0.717) is 6.61 Å². The molecule has 1 aromatic heterocycles. The van der Waals surface area contributed by atoms with Gasteiger partial charge in [0.15, 0.2) is 0 Å². The molecule has 1 amide bonds. The van der Waals surface area contributed by atoms with Gasteiger partial charge in [-0.05, 0) is 50.9 Å². The average molecular weight is 318 g/mol. The fourth-order valence-corrected chi connectivity index (χ4v) is 3.48. The number of aromatic nitrogens is 1. The van der Waals surface area contributed by atoms with Gasteiger partial charge in [0.2, 0.25) is 5.91 Å². The van der Waals surface area contributed by atoms with Crippen LogP contribution < -0.4 is 15.5 Å². The monoisotopic (exact) mass is 318 g/mol. The Bertz CT molecular complexity index is 514. The molecule has 1 aromatic rings. The van der Waals surface area contributed by atoms with Gasteiger partial charge >= 0.3 is 0 Å². The van der Waals surface area contributed by atoms with Crippen LogP contribution >= 0.6 is 0 Å². The zero-order chi connectivity index (χ0) is 16.1. The summed E-state index contributed by atoms with van der Waals surface area (Å²) in [5, 5.41) is 6.33. The Morgan fingerprint density at radius 1 is 1.35 bits per heavy atom. The van der Waals surface area contributed by atoms with Gasteiger partial charge in [-0.25, -0.2) is 4.98 Å². The molecule has 0 saturated carbocycles. The van der Waals surface area contributed by atoms with E-state index in [9.17, 15) is 4.79 Å². The van der Waals surface area contributed by atoms with Gasteiger partial charge in [0.1, 0.15) is 5.82 Å². The van der Waals surface area contributed by atoms with Crippen LogP contribution in [0.1, 0.15) is 25.7 Å². The minimum atomic E-state index is -0.437. The van der Waals surface area contributed by atoms with Crippen LogP contribution in [-0.4, -0.2) is 50.8 Å². The quantitative estimate of drug-likeness (QED) is 0.864. The summed E-state index contributed by atoms with van der Waals surface area (Å²) < 4.78 is 5.32. The normalized spacial score (nSPS) is 20.5. The number of methoxy groups -OCH3 is 1. The lowest BCUT2D eigenvalue weighted by atomic mass is 9.78. The average Bonchev–Trinajstić information content (AvgIpc) is 3.11. The molecule has 2 fully saturated rings. The minimum Gasteiger partial charge on any atom is -0.384 e. The summed E-state index contributed by atoms with van der Waals surface area (Å²) in [6.07, 6.45) is 5.81. The van der Waals surface area contributed by atoms with Crippen molar-refractivity contribution >= 4 is 17.4 Å². The van der Waals surface area contributed by atoms with Crippen molar-refractivity contribution in [3.63, 3.8) is 0 Å². The Labute approximate surface area is 137 Å². The van der Waals surface area contributed by atoms with Crippen molar-refractivity contribution in [3.8, 4) is 0 Å². The molecule has 0 spiro atoms. The Morgan fingerprint density at radius 3 is 2.70 bits per heavy atom. The fourth-order valence-electron chi connectivity index (χ4n) is 3.48. The number of anilines is 2. The predicted octanol–water partition coefficient (Wildman–Crippen LogP) is 1.64. The molecule has 0 atom stereocenters. The number of ether oxygens (including phenoxy) is 1. The lowest BCUT2D eigenvalue weighted by Gasteiger charge is -2.35. The maximum absolute atomic E-state index is 12.8. The number of nitrogens with zero attached hydrogens (tertiary/aromatic N) is 2. The van der Waals surface area contributed by atoms with Gasteiger partial charge < -0.3 is 20.3 Å². The Balaban J connectivity index is 1.66. The van der Waals surface area contributed by atoms with E-state index in [1.54, 1.807) is 13.3 Å². The highest BCUT2D eigenvalue weighted by atomic mass is 16.5. The first kappa shape index (κ1) is 16.2. The lowest BCUT2D eigenvalue weighted by molar-refractivity contribution is -0.130. The SMILES string of the molecule is COCC1(C(=O)Nc2ccc(N3CCCC3)nc2)CCNCC1. The van der Waals surface area contributed by atoms with Crippen molar-refractivity contribution in [2.24, 2.45) is 5.41 Å². The highest BCUT2D eigenvalue weighted by Gasteiger charge is 2.39. The molecule has 2 saturated heterocycles. The molecule has 6 nitrogen and oxygen atoms in total. The van der Waals surface area contributed by atoms with Crippen LogP contribution in [-0.2, 0) is 9.53 Å². The topological polar surface area (TPSA) is 66.5 Å². The first-order chi connectivity index (χ1) is 11.2. The van der Waals surface area contributed by atoms with Gasteiger partial charge in [-0.2, -0.15) is 0 Å². The van der Waals surface area contributed by atoms with Gasteiger partial charge in [-0.3, -0.25) is 4.79 Å². The number of hydrogen-bond acceptors (Lipinski definition) is 5. The zero-order valence-corrected chi connectivity index (χ0v) is 13.8. The Hall–Kier alpha value is -1.66. The van der Waals surface area contributed by atoms with E-state index in [0.717, 1.165) is 50.5 Å². The first-order valence-electron chi connectivity index (χ1n) is 8.46. The maximum Gasteiger partial charge on any atom is 0.233 e. The molecular weight excluding hydrogens is 292 g/mol. The third-order valence-electron chi connectivity index (χ3n) is 4.90. The van der Waals surface area contributed by atoms with E-state index >= 15 is 0 Å². The van der Waals surface area contributed by atoms with Crippen LogP contribution in [0, 0.1) is 5.41 Å². The van der Waals surface area contributed by atoms with E-state index in [-0.39, 0.29) is 5.91 Å². The van der Waals surface area contributed by atoms with Crippen molar-refractivity contribution in [1.82, 2.24) is 10.3 Å². The molecule has 2 aliphatic rings. The number of piperidine rings is 1. The summed E-state index contributed by atoms with van der Waals surface area (Å²) in [6.45, 7) is 4.30. The molecule has 126 valence electrons. The number of rotatable bonds is 5. The van der Waals surface area contributed by atoms with Crippen molar-refractivity contribution in [3.05, 3.63) is 18.3 Å². The minimum absolute atomic E-state index is 0.0385. The number of carbonyl (C=O) groups excluding carboxylic acids is 1. The van der Waals surface area contributed by atoms with E-state index in [1.807, 2.05) is 12.1 Å². The van der Waals surface area contributed by atoms with E-state index < -0.39 is 5.41 Å². The highest BCUT2D eigenvalue weighted by molar-refractivity contribution is 5.95. The van der Waals surface area contributed by atoms with E-state index in [4.69, 9.17) is 4.74 Å². The van der Waals surface area contributed by atoms with E-state index in [2.05, 4.69) is 20.5 Å². The summed E-state index contributed by atoms with van der Waals surface area (Å²) >= 11 is 0. The molecular formula is C17H26N4O2. The van der Waals surface area contributed by atoms with Crippen molar-refractivity contribution < 1.29 is 9.53 Å². The van der Waals surface area contributed by atoms with Crippen LogP contribution in [0.5, 0.6) is 0 Å². The molecule has 0 aromatic carbocycles. The third-order valence-corrected chi connectivity index (χ3v) is 4.90. The third kappa shape index (κ3) is 3.64. The van der Waals surface area contributed by atoms with Crippen molar-refractivity contribution in [2.45, 2.75) is 25.7 Å². The predicted molar refractivity (Wildman–Crippen MR) is 90.7 cm³/mol. The Morgan fingerprint density at radius 2 is 2.09 bits per heavy atom. The largest absolute Gasteiger partial charge is 0.384 e. The van der Waals surface area contributed by atoms with Gasteiger partial charge in [0, 0.05) is 20.2 Å². The van der Waals surface area contributed by atoms with Crippen molar-refractivity contribution in [2.75, 3.05) is 50.1 Å². The second-order valence-electron chi connectivity index (χ2n) is 6.52. The number of hydrogen-bond donors (Lipinski definition) is 2. The second-order valence-corrected chi connectivity index (χ2v) is 6.52. The fraction of sp³-hybridized carbons (Fsp3) is 0.647. The first-order valence-corrected chi connectivity index (χ1v) is 8.46. The number of carbonyl (C=O) groups is 1. The summed E-state index contributed by atoms with van der Waals surface area (Å²) in [6, 6.07) is 3.94. The van der Waals surface area contributed by atoms with Crippen LogP contribution in [0.2, 0.25) is 0 Å². The van der Waals surface area contributed by atoms with Crippen LogP contribution in [0.3, 0.4) is 0 Å². The molecule has 6 heteroatoms. The standard InChI is InChI=1S/C17H26N4O2/c1-23-13-17(6-8-18-9-7-17)16(22)20-14-4-5-15(19-12-14)21-10-2-3-11-21/h4-5,12,18H,2-3,6-11,13H2,1H3,(H,20,22). The smallest absolute Gasteiger partial charge is 0.233 e. The summed E-state index contributed by atoms with van der Waals surface area (Å²) in [5.74, 6) is 1.03. The molecule has 0 radical (unpaired) electrons. The maximum atomic E-state index is 12.8. The number of pyridine rings is 1. The van der Waals surface area contributed by atoms with Crippen molar-refractivity contribution in [1.29, 1.82) is 0 Å². The Kier molecular flexibility index (Phi) is 5.13. The van der Waals surface area contributed by atoms with Crippen LogP contribution in [0.4, 0.5) is 11.5 Å². The van der Waals surface area contributed by atoms with Gasteiger partial charge in [0.05, 0.1) is 23.9 Å². The van der Waals surface area contributed by atoms with Gasteiger partial charge in [-0.1, -0.05) is 0 Å². The summed E-state index contributed by atoms with van der Waals surface area (Å²) in [4.78, 5) is 19.5.